The van der Waals surface area contributed by atoms with Crippen LogP contribution in [0.3, 0.4) is 0 Å². The van der Waals surface area contributed by atoms with Gasteiger partial charge in [0.05, 0.1) is 0 Å². The van der Waals surface area contributed by atoms with E-state index in [2.05, 4.69) is 15.0 Å². The molecule has 6 heteroatoms. The van der Waals surface area contributed by atoms with E-state index in [1.165, 1.54) is 12.1 Å². The molecule has 0 N–H and O–H groups in total. The molecule has 1 aromatic heterocycles. The topological polar surface area (TPSA) is 49.3 Å². The van der Waals surface area contributed by atoms with Crippen molar-refractivity contribution in [1.82, 2.24) is 15.0 Å². The van der Waals surface area contributed by atoms with Gasteiger partial charge in [-0.05, 0) is 30.5 Å². The lowest BCUT2D eigenvalue weighted by atomic mass is 10.1. The molecule has 0 aliphatic carbocycles. The number of nitrogens with zero attached hydrogens (tertiary/aromatic N) is 4. The van der Waals surface area contributed by atoms with E-state index in [9.17, 15) is 9.18 Å². The van der Waals surface area contributed by atoms with Crippen LogP contribution in [0.4, 0.5) is 10.3 Å². The van der Waals surface area contributed by atoms with Gasteiger partial charge in [-0.2, -0.15) is 0 Å². The van der Waals surface area contributed by atoms with Crippen LogP contribution in [0.15, 0.2) is 36.7 Å². The molecule has 112 valence electrons. The normalized spacial score (nSPS) is 21.4. The Kier molecular flexibility index (Phi) is 3.11. The number of rotatable bonds is 2. The monoisotopic (exact) mass is 298 g/mol. The van der Waals surface area contributed by atoms with Gasteiger partial charge in [0, 0.05) is 37.0 Å². The highest BCUT2D eigenvalue weighted by Crippen LogP contribution is 2.32. The number of halogens is 1. The van der Waals surface area contributed by atoms with Crippen molar-refractivity contribution in [2.45, 2.75) is 25.3 Å². The molecule has 1 unspecified atom stereocenters. The Bertz CT molecular complexity index is 701. The Morgan fingerprint density at radius 3 is 2.55 bits per heavy atom. The first-order valence-corrected chi connectivity index (χ1v) is 7.40. The fourth-order valence-corrected chi connectivity index (χ4v) is 3.17. The largest absolute Gasteiger partial charge is 0.273 e. The summed E-state index contributed by atoms with van der Waals surface area (Å²) in [6.45, 7) is 0.874. The maximum atomic E-state index is 13.0. The highest BCUT2D eigenvalue weighted by atomic mass is 19.1. The van der Waals surface area contributed by atoms with E-state index in [1.807, 2.05) is 0 Å². The van der Waals surface area contributed by atoms with E-state index in [0.717, 1.165) is 30.5 Å². The summed E-state index contributed by atoms with van der Waals surface area (Å²) >= 11 is 0. The van der Waals surface area contributed by atoms with Crippen LogP contribution in [-0.4, -0.2) is 33.5 Å². The molecule has 2 aliphatic heterocycles. The van der Waals surface area contributed by atoms with Gasteiger partial charge in [-0.3, -0.25) is 4.79 Å². The number of hydrogen-bond donors (Lipinski definition) is 0. The van der Waals surface area contributed by atoms with Gasteiger partial charge in [-0.15, -0.1) is 0 Å². The van der Waals surface area contributed by atoms with Crippen molar-refractivity contribution in [2.24, 2.45) is 0 Å². The van der Waals surface area contributed by atoms with Crippen LogP contribution in [0.5, 0.6) is 0 Å². The minimum absolute atomic E-state index is 0.0548. The molecule has 0 spiro atoms. The molecule has 2 aliphatic rings. The van der Waals surface area contributed by atoms with Gasteiger partial charge in [0.2, 0.25) is 11.9 Å². The number of aromatic nitrogens is 2. The number of carbonyl (C=O) groups is 1. The molecular weight excluding hydrogens is 283 g/mol. The highest BCUT2D eigenvalue weighted by Gasteiger charge is 2.42. The van der Waals surface area contributed by atoms with Gasteiger partial charge in [0.1, 0.15) is 5.82 Å². The molecule has 4 rings (SSSR count). The lowest BCUT2D eigenvalue weighted by Gasteiger charge is -2.25. The van der Waals surface area contributed by atoms with Gasteiger partial charge in [0.25, 0.3) is 0 Å². The van der Waals surface area contributed by atoms with Crippen molar-refractivity contribution in [3.05, 3.63) is 42.5 Å². The first-order valence-electron chi connectivity index (χ1n) is 7.40. The summed E-state index contributed by atoms with van der Waals surface area (Å²) < 4.78 is 13.0. The first kappa shape index (κ1) is 13.3. The molecule has 2 saturated heterocycles. The zero-order valence-corrected chi connectivity index (χ0v) is 11.9. The Labute approximate surface area is 127 Å². The summed E-state index contributed by atoms with van der Waals surface area (Å²) in [6.07, 6.45) is 6.04. The third-order valence-corrected chi connectivity index (χ3v) is 4.25. The second-order valence-corrected chi connectivity index (χ2v) is 5.65. The molecule has 0 radical (unpaired) electrons. The predicted octanol–water partition coefficient (Wildman–Crippen LogP) is 2.40. The van der Waals surface area contributed by atoms with Gasteiger partial charge in [0.15, 0.2) is 0 Å². The molecule has 1 aromatic carbocycles. The standard InChI is InChI=1S/C16H15FN4O/c17-13-5-3-11(4-6-13)12-9-18-16(19-10-12)21-15(22)8-14-2-1-7-20(14)21/h3-6,9-10,14H,1-2,7-8H2. The van der Waals surface area contributed by atoms with E-state index in [1.54, 1.807) is 29.5 Å². The van der Waals surface area contributed by atoms with E-state index in [0.29, 0.717) is 18.4 Å². The highest BCUT2D eigenvalue weighted by molar-refractivity contribution is 5.93. The van der Waals surface area contributed by atoms with Gasteiger partial charge >= 0.3 is 0 Å². The third kappa shape index (κ3) is 2.16. The number of hydrogen-bond acceptors (Lipinski definition) is 4. The van der Waals surface area contributed by atoms with Crippen LogP contribution in [-0.2, 0) is 4.79 Å². The average Bonchev–Trinajstić information content (AvgIpc) is 3.08. The van der Waals surface area contributed by atoms with E-state index >= 15 is 0 Å². The summed E-state index contributed by atoms with van der Waals surface area (Å²) in [6, 6.07) is 6.48. The van der Waals surface area contributed by atoms with Crippen molar-refractivity contribution < 1.29 is 9.18 Å². The summed E-state index contributed by atoms with van der Waals surface area (Å²) in [5.74, 6) is 0.198. The van der Waals surface area contributed by atoms with Crippen LogP contribution < -0.4 is 5.01 Å². The maximum absolute atomic E-state index is 13.0. The minimum atomic E-state index is -0.274. The van der Waals surface area contributed by atoms with E-state index < -0.39 is 0 Å². The second kappa shape index (κ2) is 5.14. The molecule has 22 heavy (non-hydrogen) atoms. The predicted molar refractivity (Wildman–Crippen MR) is 79.3 cm³/mol. The Balaban J connectivity index is 1.62. The fraction of sp³-hybridized carbons (Fsp3) is 0.312. The molecule has 1 amide bonds. The fourth-order valence-electron chi connectivity index (χ4n) is 3.17. The summed E-state index contributed by atoms with van der Waals surface area (Å²) in [4.78, 5) is 20.8. The molecule has 3 heterocycles. The molecule has 0 bridgehead atoms. The lowest BCUT2D eigenvalue weighted by Crippen LogP contribution is -2.40. The zero-order valence-electron chi connectivity index (χ0n) is 11.9. The summed E-state index contributed by atoms with van der Waals surface area (Å²) in [5.41, 5.74) is 1.65. The average molecular weight is 298 g/mol. The van der Waals surface area contributed by atoms with E-state index in [4.69, 9.17) is 0 Å². The molecular formula is C16H15FN4O. The quantitative estimate of drug-likeness (QED) is 0.854. The van der Waals surface area contributed by atoms with Crippen LogP contribution in [0, 0.1) is 5.82 Å². The molecule has 2 aromatic rings. The SMILES string of the molecule is O=C1CC2CCCN2N1c1ncc(-c2ccc(F)cc2)cn1. The maximum Gasteiger partial charge on any atom is 0.247 e. The number of benzene rings is 1. The summed E-state index contributed by atoms with van der Waals surface area (Å²) in [5, 5.41) is 3.67. The van der Waals surface area contributed by atoms with Crippen LogP contribution in [0.2, 0.25) is 0 Å². The number of fused-ring (bicyclic) bond motifs is 1. The number of hydrazine groups is 1. The van der Waals surface area contributed by atoms with Crippen LogP contribution in [0.1, 0.15) is 19.3 Å². The zero-order chi connectivity index (χ0) is 15.1. The third-order valence-electron chi connectivity index (χ3n) is 4.25. The van der Waals surface area contributed by atoms with Crippen molar-refractivity contribution in [3.63, 3.8) is 0 Å². The number of carbonyl (C=O) groups excluding carboxylic acids is 1. The Hall–Kier alpha value is -2.34. The number of amides is 1. The minimum Gasteiger partial charge on any atom is -0.273 e. The van der Waals surface area contributed by atoms with Gasteiger partial charge in [-0.25, -0.2) is 24.4 Å². The van der Waals surface area contributed by atoms with Crippen molar-refractivity contribution in [3.8, 4) is 11.1 Å². The lowest BCUT2D eigenvalue weighted by molar-refractivity contribution is -0.118. The second-order valence-electron chi connectivity index (χ2n) is 5.65. The Morgan fingerprint density at radius 2 is 1.82 bits per heavy atom. The van der Waals surface area contributed by atoms with E-state index in [-0.39, 0.29) is 11.7 Å². The first-order chi connectivity index (χ1) is 10.7. The van der Waals surface area contributed by atoms with Crippen LogP contribution in [0.25, 0.3) is 11.1 Å². The van der Waals surface area contributed by atoms with Gasteiger partial charge in [-0.1, -0.05) is 12.1 Å². The van der Waals surface area contributed by atoms with Crippen molar-refractivity contribution in [1.29, 1.82) is 0 Å². The molecule has 5 nitrogen and oxygen atoms in total. The molecule has 2 fully saturated rings. The van der Waals surface area contributed by atoms with Crippen LogP contribution >= 0.6 is 0 Å². The molecule has 0 saturated carbocycles. The van der Waals surface area contributed by atoms with Crippen molar-refractivity contribution in [2.75, 3.05) is 11.6 Å². The number of anilines is 1. The Morgan fingerprint density at radius 1 is 1.09 bits per heavy atom. The molecule has 1 atom stereocenters. The summed E-state index contributed by atoms with van der Waals surface area (Å²) in [7, 11) is 0. The smallest absolute Gasteiger partial charge is 0.247 e. The van der Waals surface area contributed by atoms with Crippen molar-refractivity contribution >= 4 is 11.9 Å². The van der Waals surface area contributed by atoms with Gasteiger partial charge < -0.3 is 0 Å².